The molecule has 0 aromatic carbocycles. The van der Waals surface area contributed by atoms with Gasteiger partial charge in [0.1, 0.15) is 17.2 Å². The summed E-state index contributed by atoms with van der Waals surface area (Å²) in [5, 5.41) is 16.3. The van der Waals surface area contributed by atoms with Gasteiger partial charge in [-0.05, 0) is 18.2 Å². The van der Waals surface area contributed by atoms with E-state index >= 15 is 0 Å². The van der Waals surface area contributed by atoms with E-state index in [1.54, 1.807) is 17.2 Å². The van der Waals surface area contributed by atoms with Gasteiger partial charge < -0.3 is 19.1 Å². The molecule has 8 heteroatoms. The standard InChI is InChI=1S/C16H20N6O2/c1-20-6-3-4-14(20)12-10-13(19-18-12)16(24)22(8-9-23)11-15-17-5-7-21(15)2/h3-7,10,23H,8-9,11H2,1-2H3,(H,18,19). The van der Waals surface area contributed by atoms with Crippen molar-refractivity contribution in [2.24, 2.45) is 14.1 Å². The van der Waals surface area contributed by atoms with Gasteiger partial charge in [-0.25, -0.2) is 4.98 Å². The van der Waals surface area contributed by atoms with Crippen molar-refractivity contribution in [3.63, 3.8) is 0 Å². The Labute approximate surface area is 139 Å². The van der Waals surface area contributed by atoms with Crippen molar-refractivity contribution in [3.8, 4) is 11.4 Å². The maximum Gasteiger partial charge on any atom is 0.272 e. The summed E-state index contributed by atoms with van der Waals surface area (Å²) in [6.07, 6.45) is 5.42. The molecule has 8 nitrogen and oxygen atoms in total. The van der Waals surface area contributed by atoms with Gasteiger partial charge in [-0.2, -0.15) is 5.10 Å². The quantitative estimate of drug-likeness (QED) is 0.699. The lowest BCUT2D eigenvalue weighted by Crippen LogP contribution is -2.34. The largest absolute Gasteiger partial charge is 0.395 e. The number of nitrogens with one attached hydrogen (secondary N) is 1. The molecule has 0 fully saturated rings. The molecular formula is C16H20N6O2. The molecular weight excluding hydrogens is 308 g/mol. The SMILES string of the molecule is Cn1cccc1-c1cc(C(=O)N(CCO)Cc2nccn2C)[nH]n1. The minimum absolute atomic E-state index is 0.116. The Morgan fingerprint density at radius 1 is 1.33 bits per heavy atom. The highest BCUT2D eigenvalue weighted by molar-refractivity contribution is 5.93. The van der Waals surface area contributed by atoms with Crippen LogP contribution in [0.4, 0.5) is 0 Å². The Kier molecular flexibility index (Phi) is 4.48. The lowest BCUT2D eigenvalue weighted by atomic mass is 10.2. The van der Waals surface area contributed by atoms with Crippen LogP contribution in [-0.4, -0.2) is 53.4 Å². The number of aliphatic hydroxyl groups is 1. The molecule has 0 saturated heterocycles. The Hall–Kier alpha value is -2.87. The molecule has 0 radical (unpaired) electrons. The summed E-state index contributed by atoms with van der Waals surface area (Å²) < 4.78 is 3.78. The molecule has 3 rings (SSSR count). The molecule has 0 atom stereocenters. The Balaban J connectivity index is 1.81. The number of hydrogen-bond acceptors (Lipinski definition) is 4. The van der Waals surface area contributed by atoms with E-state index in [4.69, 9.17) is 0 Å². The number of nitrogens with zero attached hydrogens (tertiary/aromatic N) is 5. The minimum Gasteiger partial charge on any atom is -0.395 e. The predicted octanol–water partition coefficient (Wildman–Crippen LogP) is 0.783. The summed E-state index contributed by atoms with van der Waals surface area (Å²) in [7, 11) is 3.79. The van der Waals surface area contributed by atoms with E-state index in [0.717, 1.165) is 11.5 Å². The highest BCUT2D eigenvalue weighted by atomic mass is 16.3. The highest BCUT2D eigenvalue weighted by Gasteiger charge is 2.20. The number of carbonyl (C=O) groups is 1. The number of aromatic nitrogens is 5. The van der Waals surface area contributed by atoms with Gasteiger partial charge in [0.05, 0.1) is 18.8 Å². The molecule has 126 valence electrons. The van der Waals surface area contributed by atoms with Crippen LogP contribution in [0.3, 0.4) is 0 Å². The zero-order valence-electron chi connectivity index (χ0n) is 13.7. The van der Waals surface area contributed by atoms with Gasteiger partial charge in [-0.15, -0.1) is 0 Å². The van der Waals surface area contributed by atoms with Gasteiger partial charge in [0.25, 0.3) is 5.91 Å². The molecule has 0 spiro atoms. The molecule has 0 unspecified atom stereocenters. The van der Waals surface area contributed by atoms with Gasteiger partial charge in [0.15, 0.2) is 0 Å². The van der Waals surface area contributed by atoms with Crippen molar-refractivity contribution >= 4 is 5.91 Å². The number of aryl methyl sites for hydroxylation is 2. The van der Waals surface area contributed by atoms with Gasteiger partial charge in [-0.3, -0.25) is 9.89 Å². The van der Waals surface area contributed by atoms with Crippen LogP contribution in [0.25, 0.3) is 11.4 Å². The summed E-state index contributed by atoms with van der Waals surface area (Å²) >= 11 is 0. The van der Waals surface area contributed by atoms with Gasteiger partial charge in [-0.1, -0.05) is 0 Å². The molecule has 3 aromatic rings. The van der Waals surface area contributed by atoms with Crippen molar-refractivity contribution in [2.45, 2.75) is 6.54 Å². The summed E-state index contributed by atoms with van der Waals surface area (Å²) in [6.45, 7) is 0.431. The molecule has 24 heavy (non-hydrogen) atoms. The van der Waals surface area contributed by atoms with Gasteiger partial charge in [0.2, 0.25) is 0 Å². The molecule has 0 aliphatic rings. The first kappa shape index (κ1) is 16.0. The van der Waals surface area contributed by atoms with E-state index in [9.17, 15) is 9.90 Å². The van der Waals surface area contributed by atoms with Crippen molar-refractivity contribution in [2.75, 3.05) is 13.2 Å². The molecule has 0 saturated carbocycles. The van der Waals surface area contributed by atoms with Crippen LogP contribution >= 0.6 is 0 Å². The zero-order valence-corrected chi connectivity index (χ0v) is 13.7. The zero-order chi connectivity index (χ0) is 17.1. The first-order chi connectivity index (χ1) is 11.6. The van der Waals surface area contributed by atoms with Crippen molar-refractivity contribution in [3.05, 3.63) is 48.3 Å². The van der Waals surface area contributed by atoms with Crippen LogP contribution in [0.2, 0.25) is 0 Å². The second-order valence-corrected chi connectivity index (χ2v) is 5.58. The Bertz CT molecular complexity index is 831. The average Bonchev–Trinajstić information content (AvgIpc) is 3.28. The van der Waals surface area contributed by atoms with E-state index in [1.165, 1.54) is 0 Å². The Morgan fingerprint density at radius 3 is 2.79 bits per heavy atom. The fourth-order valence-electron chi connectivity index (χ4n) is 2.55. The Morgan fingerprint density at radius 2 is 2.17 bits per heavy atom. The van der Waals surface area contributed by atoms with Crippen molar-refractivity contribution in [1.82, 2.24) is 29.2 Å². The number of H-pyrrole nitrogens is 1. The fourth-order valence-corrected chi connectivity index (χ4v) is 2.55. The van der Waals surface area contributed by atoms with E-state index in [1.807, 2.05) is 47.8 Å². The molecule has 0 bridgehead atoms. The monoisotopic (exact) mass is 328 g/mol. The first-order valence-electron chi connectivity index (χ1n) is 7.63. The summed E-state index contributed by atoms with van der Waals surface area (Å²) in [5.41, 5.74) is 2.00. The fraction of sp³-hybridized carbons (Fsp3) is 0.312. The number of rotatable bonds is 6. The van der Waals surface area contributed by atoms with E-state index in [-0.39, 0.29) is 19.1 Å². The second-order valence-electron chi connectivity index (χ2n) is 5.58. The van der Waals surface area contributed by atoms with Crippen LogP contribution < -0.4 is 0 Å². The van der Waals surface area contributed by atoms with E-state index in [0.29, 0.717) is 17.9 Å². The first-order valence-corrected chi connectivity index (χ1v) is 7.63. The van der Waals surface area contributed by atoms with Gasteiger partial charge >= 0.3 is 0 Å². The third kappa shape index (κ3) is 3.09. The van der Waals surface area contributed by atoms with E-state index < -0.39 is 0 Å². The predicted molar refractivity (Wildman–Crippen MR) is 88.0 cm³/mol. The summed E-state index contributed by atoms with van der Waals surface area (Å²) in [5.74, 6) is 0.527. The molecule has 2 N–H and O–H groups in total. The number of aliphatic hydroxyl groups excluding tert-OH is 1. The average molecular weight is 328 g/mol. The number of amides is 1. The van der Waals surface area contributed by atoms with Crippen LogP contribution in [0, 0.1) is 0 Å². The molecule has 0 aliphatic heterocycles. The maximum atomic E-state index is 12.7. The maximum absolute atomic E-state index is 12.7. The van der Waals surface area contributed by atoms with Gasteiger partial charge in [0, 0.05) is 39.2 Å². The third-order valence-corrected chi connectivity index (χ3v) is 3.92. The van der Waals surface area contributed by atoms with E-state index in [2.05, 4.69) is 15.2 Å². The van der Waals surface area contributed by atoms with Crippen LogP contribution in [0.5, 0.6) is 0 Å². The summed E-state index contributed by atoms with van der Waals surface area (Å²) in [4.78, 5) is 18.5. The molecule has 0 aliphatic carbocycles. The van der Waals surface area contributed by atoms with Crippen molar-refractivity contribution < 1.29 is 9.90 Å². The number of hydrogen-bond donors (Lipinski definition) is 2. The van der Waals surface area contributed by atoms with Crippen LogP contribution in [0.15, 0.2) is 36.8 Å². The molecule has 3 heterocycles. The number of aromatic amines is 1. The number of imidazole rings is 1. The van der Waals surface area contributed by atoms with Crippen molar-refractivity contribution in [1.29, 1.82) is 0 Å². The second kappa shape index (κ2) is 6.71. The third-order valence-electron chi connectivity index (χ3n) is 3.92. The topological polar surface area (TPSA) is 92.0 Å². The molecule has 3 aromatic heterocycles. The normalized spacial score (nSPS) is 11.0. The smallest absolute Gasteiger partial charge is 0.272 e. The lowest BCUT2D eigenvalue weighted by Gasteiger charge is -2.20. The van der Waals surface area contributed by atoms with Crippen LogP contribution in [-0.2, 0) is 20.6 Å². The van der Waals surface area contributed by atoms with Crippen LogP contribution in [0.1, 0.15) is 16.3 Å². The summed E-state index contributed by atoms with van der Waals surface area (Å²) in [6, 6.07) is 5.58. The molecule has 1 amide bonds. The number of carbonyl (C=O) groups excluding carboxylic acids is 1. The highest BCUT2D eigenvalue weighted by Crippen LogP contribution is 2.18. The lowest BCUT2D eigenvalue weighted by molar-refractivity contribution is 0.0695. The minimum atomic E-state index is -0.222.